The van der Waals surface area contributed by atoms with Gasteiger partial charge in [0.15, 0.2) is 0 Å². The Bertz CT molecular complexity index is 784. The van der Waals surface area contributed by atoms with Crippen molar-refractivity contribution in [1.29, 1.82) is 0 Å². The van der Waals surface area contributed by atoms with Gasteiger partial charge in [0.1, 0.15) is 0 Å². The maximum Gasteiger partial charge on any atom is 0.241 e. The summed E-state index contributed by atoms with van der Waals surface area (Å²) >= 11 is 0. The van der Waals surface area contributed by atoms with Gasteiger partial charge in [-0.05, 0) is 37.1 Å². The van der Waals surface area contributed by atoms with Crippen LogP contribution in [0.2, 0.25) is 0 Å². The summed E-state index contributed by atoms with van der Waals surface area (Å²) < 4.78 is 26.5. The van der Waals surface area contributed by atoms with Crippen molar-refractivity contribution in [2.75, 3.05) is 6.54 Å². The zero-order valence-corrected chi connectivity index (χ0v) is 14.0. The van der Waals surface area contributed by atoms with Gasteiger partial charge in [0.2, 0.25) is 15.9 Å². The van der Waals surface area contributed by atoms with Crippen LogP contribution in [0.3, 0.4) is 0 Å². The average Bonchev–Trinajstić information content (AvgIpc) is 2.52. The monoisotopic (exact) mass is 332 g/mol. The molecule has 0 radical (unpaired) electrons. The predicted molar refractivity (Wildman–Crippen MR) is 89.4 cm³/mol. The lowest BCUT2D eigenvalue weighted by Gasteiger charge is -2.08. The summed E-state index contributed by atoms with van der Waals surface area (Å²) in [6.07, 6.45) is 0. The molecule has 0 aromatic heterocycles. The minimum absolute atomic E-state index is 0.156. The van der Waals surface area contributed by atoms with Crippen LogP contribution in [0.15, 0.2) is 53.4 Å². The highest BCUT2D eigenvalue weighted by molar-refractivity contribution is 7.89. The Morgan fingerprint density at radius 1 is 1.00 bits per heavy atom. The molecule has 0 aliphatic rings. The van der Waals surface area contributed by atoms with Crippen LogP contribution in [0.1, 0.15) is 16.7 Å². The average molecular weight is 332 g/mol. The van der Waals surface area contributed by atoms with Crippen LogP contribution in [0.5, 0.6) is 0 Å². The van der Waals surface area contributed by atoms with E-state index in [1.165, 1.54) is 6.07 Å². The van der Waals surface area contributed by atoms with Crippen molar-refractivity contribution in [3.8, 4) is 0 Å². The minimum Gasteiger partial charge on any atom is -0.351 e. The number of amides is 1. The Kier molecular flexibility index (Phi) is 5.52. The zero-order valence-electron chi connectivity index (χ0n) is 13.2. The lowest BCUT2D eigenvalue weighted by atomic mass is 10.1. The highest BCUT2D eigenvalue weighted by atomic mass is 32.2. The molecule has 0 heterocycles. The van der Waals surface area contributed by atoms with Crippen molar-refractivity contribution >= 4 is 15.9 Å². The third-order valence-corrected chi connectivity index (χ3v) is 4.73. The molecular formula is C17H20N2O3S. The standard InChI is InChI=1S/C17H20N2O3S/c1-13-6-8-15(9-7-13)11-18-17(20)12-19-23(21,22)16-5-3-4-14(2)10-16/h3-10,19H,11-12H2,1-2H3,(H,18,20). The maximum absolute atomic E-state index is 12.1. The van der Waals surface area contributed by atoms with E-state index in [4.69, 9.17) is 0 Å². The summed E-state index contributed by atoms with van der Waals surface area (Å²) in [5.41, 5.74) is 2.95. The molecule has 5 nitrogen and oxygen atoms in total. The molecule has 2 aromatic rings. The number of rotatable bonds is 6. The van der Waals surface area contributed by atoms with Crippen LogP contribution in [0.25, 0.3) is 0 Å². The van der Waals surface area contributed by atoms with Crippen molar-refractivity contribution < 1.29 is 13.2 Å². The quantitative estimate of drug-likeness (QED) is 0.848. The van der Waals surface area contributed by atoms with Crippen LogP contribution < -0.4 is 10.0 Å². The second kappa shape index (κ2) is 7.39. The molecule has 0 aliphatic heterocycles. The number of carbonyl (C=O) groups excluding carboxylic acids is 1. The molecule has 0 spiro atoms. The Labute approximate surface area is 136 Å². The first-order valence-corrected chi connectivity index (χ1v) is 8.74. The van der Waals surface area contributed by atoms with Gasteiger partial charge < -0.3 is 5.32 Å². The number of aryl methyl sites for hydroxylation is 2. The van der Waals surface area contributed by atoms with E-state index in [2.05, 4.69) is 10.0 Å². The Balaban J connectivity index is 1.87. The molecule has 0 fully saturated rings. The lowest BCUT2D eigenvalue weighted by molar-refractivity contribution is -0.120. The van der Waals surface area contributed by atoms with E-state index < -0.39 is 10.0 Å². The normalized spacial score (nSPS) is 11.2. The fraction of sp³-hybridized carbons (Fsp3) is 0.235. The topological polar surface area (TPSA) is 75.3 Å². The molecular weight excluding hydrogens is 312 g/mol. The molecule has 122 valence electrons. The fourth-order valence-electron chi connectivity index (χ4n) is 2.00. The number of benzene rings is 2. The van der Waals surface area contributed by atoms with Crippen molar-refractivity contribution in [3.05, 3.63) is 65.2 Å². The van der Waals surface area contributed by atoms with E-state index in [0.717, 1.165) is 16.7 Å². The smallest absolute Gasteiger partial charge is 0.241 e. The van der Waals surface area contributed by atoms with Gasteiger partial charge in [-0.1, -0.05) is 42.0 Å². The molecule has 23 heavy (non-hydrogen) atoms. The van der Waals surface area contributed by atoms with Crippen molar-refractivity contribution in [1.82, 2.24) is 10.0 Å². The van der Waals surface area contributed by atoms with Crippen molar-refractivity contribution in [3.63, 3.8) is 0 Å². The van der Waals surface area contributed by atoms with Gasteiger partial charge >= 0.3 is 0 Å². The van der Waals surface area contributed by atoms with E-state index in [1.807, 2.05) is 44.2 Å². The molecule has 2 N–H and O–H groups in total. The third kappa shape index (κ3) is 5.19. The second-order valence-corrected chi connectivity index (χ2v) is 7.17. The molecule has 1 amide bonds. The van der Waals surface area contributed by atoms with E-state index in [1.54, 1.807) is 12.1 Å². The molecule has 2 rings (SSSR count). The largest absolute Gasteiger partial charge is 0.351 e. The summed E-state index contributed by atoms with van der Waals surface area (Å²) in [4.78, 5) is 11.9. The van der Waals surface area contributed by atoms with Gasteiger partial charge in [0.05, 0.1) is 11.4 Å². The Morgan fingerprint density at radius 3 is 2.35 bits per heavy atom. The predicted octanol–water partition coefficient (Wildman–Crippen LogP) is 1.90. The van der Waals surface area contributed by atoms with Crippen LogP contribution in [0.4, 0.5) is 0 Å². The molecule has 0 bridgehead atoms. The number of hydrogen-bond acceptors (Lipinski definition) is 3. The third-order valence-electron chi connectivity index (χ3n) is 3.33. The van der Waals surface area contributed by atoms with Gasteiger partial charge in [-0.15, -0.1) is 0 Å². The summed E-state index contributed by atoms with van der Waals surface area (Å²) in [7, 11) is -3.68. The lowest BCUT2D eigenvalue weighted by Crippen LogP contribution is -2.36. The highest BCUT2D eigenvalue weighted by Crippen LogP contribution is 2.10. The molecule has 0 unspecified atom stereocenters. The van der Waals surface area contributed by atoms with Gasteiger partial charge in [0, 0.05) is 6.54 Å². The first-order chi connectivity index (χ1) is 10.9. The van der Waals surface area contributed by atoms with E-state index >= 15 is 0 Å². The highest BCUT2D eigenvalue weighted by Gasteiger charge is 2.15. The van der Waals surface area contributed by atoms with E-state index in [-0.39, 0.29) is 17.3 Å². The van der Waals surface area contributed by atoms with Crippen molar-refractivity contribution in [2.45, 2.75) is 25.3 Å². The van der Waals surface area contributed by atoms with Gasteiger partial charge in [-0.25, -0.2) is 13.1 Å². The van der Waals surface area contributed by atoms with Crippen LogP contribution in [-0.4, -0.2) is 20.9 Å². The summed E-state index contributed by atoms with van der Waals surface area (Å²) in [5, 5.41) is 2.69. The number of nitrogens with one attached hydrogen (secondary N) is 2. The Hall–Kier alpha value is -2.18. The maximum atomic E-state index is 12.1. The molecule has 0 saturated heterocycles. The summed E-state index contributed by atoms with van der Waals surface area (Å²) in [6, 6.07) is 14.3. The number of sulfonamides is 1. The van der Waals surface area contributed by atoms with Crippen LogP contribution in [0, 0.1) is 13.8 Å². The first-order valence-electron chi connectivity index (χ1n) is 7.25. The van der Waals surface area contributed by atoms with Crippen molar-refractivity contribution in [2.24, 2.45) is 0 Å². The molecule has 0 atom stereocenters. The Morgan fingerprint density at radius 2 is 1.70 bits per heavy atom. The van der Waals surface area contributed by atoms with Crippen LogP contribution in [-0.2, 0) is 21.4 Å². The van der Waals surface area contributed by atoms with E-state index in [0.29, 0.717) is 6.54 Å². The zero-order chi connectivity index (χ0) is 16.9. The summed E-state index contributed by atoms with van der Waals surface area (Å²) in [6.45, 7) is 3.88. The minimum atomic E-state index is -3.68. The number of carbonyl (C=O) groups is 1. The molecule has 0 saturated carbocycles. The molecule has 2 aromatic carbocycles. The second-order valence-electron chi connectivity index (χ2n) is 5.40. The first kappa shape index (κ1) is 17.2. The fourth-order valence-corrected chi connectivity index (χ4v) is 3.08. The van der Waals surface area contributed by atoms with E-state index in [9.17, 15) is 13.2 Å². The molecule has 6 heteroatoms. The molecule has 0 aliphatic carbocycles. The van der Waals surface area contributed by atoms with Gasteiger partial charge in [0.25, 0.3) is 0 Å². The van der Waals surface area contributed by atoms with Gasteiger partial charge in [-0.2, -0.15) is 0 Å². The summed E-state index contributed by atoms with van der Waals surface area (Å²) in [5.74, 6) is -0.373. The van der Waals surface area contributed by atoms with Crippen LogP contribution >= 0.6 is 0 Å². The number of hydrogen-bond donors (Lipinski definition) is 2. The van der Waals surface area contributed by atoms with Gasteiger partial charge in [-0.3, -0.25) is 4.79 Å². The SMILES string of the molecule is Cc1ccc(CNC(=O)CNS(=O)(=O)c2cccc(C)c2)cc1.